The van der Waals surface area contributed by atoms with Gasteiger partial charge in [-0.15, -0.1) is 10.2 Å². The maximum atomic E-state index is 13.4. The lowest BCUT2D eigenvalue weighted by Crippen LogP contribution is -2.42. The second kappa shape index (κ2) is 13.9. The third-order valence-electron chi connectivity index (χ3n) is 7.82. The summed E-state index contributed by atoms with van der Waals surface area (Å²) in [6, 6.07) is 19.2. The number of benzene rings is 2. The molecule has 2 amide bonds. The molecular weight excluding hydrogens is 679 g/mol. The van der Waals surface area contributed by atoms with Crippen molar-refractivity contribution in [3.05, 3.63) is 95.3 Å². The van der Waals surface area contributed by atoms with Crippen LogP contribution in [0.5, 0.6) is 5.75 Å². The predicted molar refractivity (Wildman–Crippen MR) is 189 cm³/mol. The minimum atomic E-state index is -0.348. The quantitative estimate of drug-likeness (QED) is 0.0799. The highest BCUT2D eigenvalue weighted by Gasteiger charge is 2.30. The van der Waals surface area contributed by atoms with Crippen LogP contribution in [0.15, 0.2) is 83.6 Å². The predicted octanol–water partition coefficient (Wildman–Crippen LogP) is 6.78. The summed E-state index contributed by atoms with van der Waals surface area (Å²) >= 11 is 2.35. The van der Waals surface area contributed by atoms with Crippen molar-refractivity contribution >= 4 is 51.7 Å². The van der Waals surface area contributed by atoms with E-state index < -0.39 is 0 Å². The van der Waals surface area contributed by atoms with Gasteiger partial charge < -0.3 is 20.7 Å². The summed E-state index contributed by atoms with van der Waals surface area (Å²) in [6.45, 7) is 8.95. The van der Waals surface area contributed by atoms with Crippen molar-refractivity contribution in [1.82, 2.24) is 25.2 Å². The van der Waals surface area contributed by atoms with Gasteiger partial charge in [-0.1, -0.05) is 85.3 Å². The lowest BCUT2D eigenvalue weighted by atomic mass is 9.85. The molecule has 0 unspecified atom stereocenters. The molecule has 2 heterocycles. The maximum Gasteiger partial charge on any atom is 0.320 e. The average Bonchev–Trinajstić information content (AvgIpc) is 3.42. The first kappa shape index (κ1) is 32.3. The first-order chi connectivity index (χ1) is 21.5. The Labute approximate surface area is 278 Å². The summed E-state index contributed by atoms with van der Waals surface area (Å²) < 4.78 is 9.50. The molecule has 10 nitrogen and oxygen atoms in total. The molecule has 45 heavy (non-hydrogen) atoms. The highest BCUT2D eigenvalue weighted by Crippen LogP contribution is 2.39. The topological polar surface area (TPSA) is 122 Å². The Kier molecular flexibility index (Phi) is 9.96. The van der Waals surface area contributed by atoms with E-state index in [1.54, 1.807) is 6.08 Å². The molecule has 4 N–H and O–H groups in total. The average molecular weight is 721 g/mol. The molecule has 0 fully saturated rings. The SMILES string of the molecule is Cc1ccc(N=C(C=C(N)C(C)(C)C)NC(=O)N[C@H]2CC[C@@H](Oc3ccc4nnc(N(C)CCI)n4c3)c3ccccc32)cc1. The Hall–Kier alpha value is -4.13. The number of hydrogen-bond donors (Lipinski definition) is 3. The number of aromatic nitrogens is 3. The number of amides is 2. The van der Waals surface area contributed by atoms with E-state index >= 15 is 0 Å². The van der Waals surface area contributed by atoms with E-state index in [4.69, 9.17) is 10.5 Å². The molecule has 0 bridgehead atoms. The monoisotopic (exact) mass is 720 g/mol. The van der Waals surface area contributed by atoms with Crippen molar-refractivity contribution in [2.24, 2.45) is 16.1 Å². The molecule has 0 saturated carbocycles. The second-order valence-corrected chi connectivity index (χ2v) is 13.4. The van der Waals surface area contributed by atoms with E-state index in [-0.39, 0.29) is 23.6 Å². The fourth-order valence-electron chi connectivity index (χ4n) is 5.13. The molecule has 4 aromatic rings. The van der Waals surface area contributed by atoms with Crippen LogP contribution < -0.4 is 26.0 Å². The van der Waals surface area contributed by atoms with E-state index in [2.05, 4.69) is 65.4 Å². The summed E-state index contributed by atoms with van der Waals surface area (Å²) in [5, 5.41) is 14.8. The molecule has 5 rings (SSSR count). The minimum absolute atomic E-state index is 0.167. The summed E-state index contributed by atoms with van der Waals surface area (Å²) in [5.74, 6) is 1.88. The highest BCUT2D eigenvalue weighted by atomic mass is 127. The van der Waals surface area contributed by atoms with Crippen LogP contribution in [-0.4, -0.2) is 44.5 Å². The van der Waals surface area contributed by atoms with Crippen molar-refractivity contribution < 1.29 is 9.53 Å². The second-order valence-electron chi connectivity index (χ2n) is 12.3. The molecule has 236 valence electrons. The molecule has 11 heteroatoms. The fraction of sp³-hybridized carbons (Fsp3) is 0.353. The number of alkyl halides is 1. The smallest absolute Gasteiger partial charge is 0.320 e. The molecule has 0 radical (unpaired) electrons. The van der Waals surface area contributed by atoms with Gasteiger partial charge in [0.15, 0.2) is 5.65 Å². The van der Waals surface area contributed by atoms with Gasteiger partial charge in [0.25, 0.3) is 0 Å². The number of aryl methyl sites for hydroxylation is 1. The number of nitrogens with one attached hydrogen (secondary N) is 2. The number of carbonyl (C=O) groups is 1. The zero-order valence-electron chi connectivity index (χ0n) is 26.4. The van der Waals surface area contributed by atoms with Gasteiger partial charge in [-0.25, -0.2) is 9.79 Å². The van der Waals surface area contributed by atoms with Gasteiger partial charge in [0.2, 0.25) is 5.95 Å². The first-order valence-corrected chi connectivity index (χ1v) is 16.6. The number of rotatable bonds is 8. The van der Waals surface area contributed by atoms with Gasteiger partial charge in [-0.2, -0.15) is 0 Å². The number of urea groups is 1. The Morgan fingerprint density at radius 1 is 1.11 bits per heavy atom. The van der Waals surface area contributed by atoms with Crippen LogP contribution in [0.25, 0.3) is 5.65 Å². The lowest BCUT2D eigenvalue weighted by molar-refractivity contribution is 0.171. The summed E-state index contributed by atoms with van der Waals surface area (Å²) in [4.78, 5) is 20.2. The molecule has 2 atom stereocenters. The first-order valence-electron chi connectivity index (χ1n) is 15.1. The molecule has 1 aliphatic carbocycles. The summed E-state index contributed by atoms with van der Waals surface area (Å²) in [7, 11) is 2.01. The number of carbonyl (C=O) groups excluding carboxylic acids is 1. The van der Waals surface area contributed by atoms with Crippen LogP contribution in [0.1, 0.15) is 62.4 Å². The highest BCUT2D eigenvalue weighted by molar-refractivity contribution is 14.1. The molecule has 0 aliphatic heterocycles. The van der Waals surface area contributed by atoms with Gasteiger partial charge in [-0.3, -0.25) is 9.72 Å². The van der Waals surface area contributed by atoms with Crippen molar-refractivity contribution in [3.63, 3.8) is 0 Å². The molecule has 0 spiro atoms. The lowest BCUT2D eigenvalue weighted by Gasteiger charge is -2.32. The fourth-order valence-corrected chi connectivity index (χ4v) is 5.86. The number of hydrogen-bond acceptors (Lipinski definition) is 7. The van der Waals surface area contributed by atoms with Crippen LogP contribution in [0.3, 0.4) is 0 Å². The number of fused-ring (bicyclic) bond motifs is 2. The maximum absolute atomic E-state index is 13.4. The largest absolute Gasteiger partial charge is 0.484 e. The van der Waals surface area contributed by atoms with E-state index in [0.717, 1.165) is 57.1 Å². The Morgan fingerprint density at radius 3 is 2.56 bits per heavy atom. The number of nitrogens with zero attached hydrogens (tertiary/aromatic N) is 5. The van der Waals surface area contributed by atoms with Gasteiger partial charge >= 0.3 is 6.03 Å². The third-order valence-corrected chi connectivity index (χ3v) is 8.30. The van der Waals surface area contributed by atoms with Crippen LogP contribution in [0.4, 0.5) is 16.4 Å². The zero-order chi connectivity index (χ0) is 32.1. The number of aliphatic imine (C=N–C) groups is 1. The van der Waals surface area contributed by atoms with Crippen LogP contribution in [0, 0.1) is 12.3 Å². The molecule has 1 aliphatic rings. The van der Waals surface area contributed by atoms with Crippen molar-refractivity contribution in [1.29, 1.82) is 0 Å². The number of allylic oxidation sites excluding steroid dienone is 1. The van der Waals surface area contributed by atoms with Crippen molar-refractivity contribution in [2.75, 3.05) is 22.9 Å². The molecule has 2 aromatic heterocycles. The van der Waals surface area contributed by atoms with E-state index in [9.17, 15) is 4.79 Å². The van der Waals surface area contributed by atoms with E-state index in [0.29, 0.717) is 18.0 Å². The number of amidine groups is 1. The Morgan fingerprint density at radius 2 is 1.84 bits per heavy atom. The number of halogens is 1. The standard InChI is InChI=1S/C34H41IN8O2/c1-22-10-12-23(13-11-22)37-30(20-29(36)34(2,3)4)39-32(44)38-27-15-16-28(26-9-7-6-8-25(26)27)45-24-14-17-31-40-41-33(43(31)21-24)42(5)19-18-35/h6-14,17,20-21,27-28H,15-16,18-19,36H2,1-5H3,(H2,37,38,39,44)/t27-,28+/m0/s1. The van der Waals surface area contributed by atoms with Gasteiger partial charge in [0.05, 0.1) is 17.9 Å². The minimum Gasteiger partial charge on any atom is -0.484 e. The molecule has 0 saturated heterocycles. The van der Waals surface area contributed by atoms with Gasteiger partial charge in [0.1, 0.15) is 17.7 Å². The van der Waals surface area contributed by atoms with Gasteiger partial charge in [0, 0.05) is 35.2 Å². The Balaban J connectivity index is 1.33. The van der Waals surface area contributed by atoms with Gasteiger partial charge in [-0.05, 0) is 55.2 Å². The zero-order valence-corrected chi connectivity index (χ0v) is 28.6. The van der Waals surface area contributed by atoms with Crippen molar-refractivity contribution in [2.45, 2.75) is 52.7 Å². The third kappa shape index (κ3) is 7.94. The van der Waals surface area contributed by atoms with E-state index in [1.165, 1.54) is 0 Å². The number of pyridine rings is 1. The number of nitrogens with two attached hydrogens (primary N) is 1. The van der Waals surface area contributed by atoms with Crippen molar-refractivity contribution in [3.8, 4) is 5.75 Å². The number of anilines is 1. The van der Waals surface area contributed by atoms with Crippen LogP contribution in [0.2, 0.25) is 0 Å². The Bertz CT molecular complexity index is 1710. The summed E-state index contributed by atoms with van der Waals surface area (Å²) in [5.41, 5.74) is 11.4. The van der Waals surface area contributed by atoms with E-state index in [1.807, 2.05) is 93.9 Å². The number of ether oxygens (including phenoxy) is 1. The van der Waals surface area contributed by atoms with Crippen LogP contribution in [-0.2, 0) is 0 Å². The molecule has 2 aromatic carbocycles. The summed E-state index contributed by atoms with van der Waals surface area (Å²) in [6.07, 6.45) is 4.94. The van der Waals surface area contributed by atoms with Crippen LogP contribution >= 0.6 is 22.6 Å². The normalized spacial score (nSPS) is 17.1. The molecular formula is C34H41IN8O2.